The van der Waals surface area contributed by atoms with Crippen molar-refractivity contribution < 1.29 is 0 Å². The molecule has 0 aromatic rings. The van der Waals surface area contributed by atoms with Crippen LogP contribution in [-0.2, 0) is 0 Å². The molecule has 2 atom stereocenters. The Morgan fingerprint density at radius 1 is 0.360 bits per heavy atom. The molecule has 0 aliphatic heterocycles. The van der Waals surface area contributed by atoms with Gasteiger partial charge in [0.05, 0.1) is 0 Å². The highest BCUT2D eigenvalue weighted by Gasteiger charge is 2.29. The largest absolute Gasteiger partial charge is 0.0970 e. The summed E-state index contributed by atoms with van der Waals surface area (Å²) < 4.78 is 0. The van der Waals surface area contributed by atoms with E-state index >= 15 is 0 Å². The van der Waals surface area contributed by atoms with Crippen molar-refractivity contribution in [2.45, 2.75) is 117 Å². The predicted molar refractivity (Wildman–Crippen MR) is 133 cm³/mol. The number of rotatable bonds is 12. The first-order valence-electron chi connectivity index (χ1n) is 10.4. The van der Waals surface area contributed by atoms with E-state index < -0.39 is 0 Å². The van der Waals surface area contributed by atoms with Crippen LogP contribution < -0.4 is 0 Å². The molecule has 0 saturated carbocycles. The SMILES string of the molecule is CC(C)P(CP(CP(C(C)C)C(C)C)C(C)C)CP(C(C)C)C(C)C. The average Bonchev–Trinajstić information content (AvgIpc) is 2.43. The lowest BCUT2D eigenvalue weighted by Gasteiger charge is -2.38. The van der Waals surface area contributed by atoms with Crippen LogP contribution in [0.5, 0.6) is 0 Å². The molecular weight excluding hydrogens is 376 g/mol. The van der Waals surface area contributed by atoms with Crippen molar-refractivity contribution in [3.63, 3.8) is 0 Å². The van der Waals surface area contributed by atoms with Gasteiger partial charge >= 0.3 is 0 Å². The van der Waals surface area contributed by atoms with Gasteiger partial charge in [0.1, 0.15) is 0 Å². The van der Waals surface area contributed by atoms with E-state index in [0.29, 0.717) is 0 Å². The first-order chi connectivity index (χ1) is 11.4. The maximum atomic E-state index is 2.52. The Labute approximate surface area is 166 Å². The second-order valence-electron chi connectivity index (χ2n) is 9.19. The van der Waals surface area contributed by atoms with Crippen molar-refractivity contribution in [1.29, 1.82) is 0 Å². The standard InChI is InChI=1S/C21H48P4/c1-16(2)22(14-24(18(5)6)19(7)8)13-23(17(3)4)15-25(20(9)10)21(11)12/h16-21H,13-15H2,1-12H3. The molecule has 0 saturated heterocycles. The van der Waals surface area contributed by atoms with Crippen LogP contribution in [0.4, 0.5) is 0 Å². The van der Waals surface area contributed by atoms with Gasteiger partial charge in [-0.05, 0) is 51.7 Å². The second-order valence-corrected chi connectivity index (χ2v) is 23.2. The summed E-state index contributed by atoms with van der Waals surface area (Å²) in [6.07, 6.45) is 0. The van der Waals surface area contributed by atoms with Crippen molar-refractivity contribution in [3.8, 4) is 0 Å². The van der Waals surface area contributed by atoms with E-state index in [-0.39, 0.29) is 31.7 Å². The van der Waals surface area contributed by atoms with Gasteiger partial charge in [0, 0.05) is 0 Å². The first-order valence-corrected chi connectivity index (χ1v) is 17.3. The van der Waals surface area contributed by atoms with Gasteiger partial charge in [-0.15, -0.1) is 0 Å². The summed E-state index contributed by atoms with van der Waals surface area (Å²) in [5, 5.41) is 0. The fourth-order valence-electron chi connectivity index (χ4n) is 3.24. The molecule has 2 unspecified atom stereocenters. The maximum absolute atomic E-state index is 2.52. The molecule has 0 rings (SSSR count). The Balaban J connectivity index is 5.20. The summed E-state index contributed by atoms with van der Waals surface area (Å²) in [5.41, 5.74) is 5.40. The summed E-state index contributed by atoms with van der Waals surface area (Å²) in [7, 11) is 0.804. The van der Waals surface area contributed by atoms with Crippen LogP contribution in [0.1, 0.15) is 83.1 Å². The van der Waals surface area contributed by atoms with Crippen molar-refractivity contribution in [2.24, 2.45) is 0 Å². The van der Waals surface area contributed by atoms with Crippen LogP contribution in [-0.4, -0.2) is 51.7 Å². The molecular formula is C21H48P4. The van der Waals surface area contributed by atoms with E-state index in [1.54, 1.807) is 17.7 Å². The summed E-state index contributed by atoms with van der Waals surface area (Å²) in [4.78, 5) is 0. The molecule has 152 valence electrons. The lowest BCUT2D eigenvalue weighted by molar-refractivity contribution is 1.01. The van der Waals surface area contributed by atoms with Crippen LogP contribution in [0, 0.1) is 0 Å². The molecule has 0 radical (unpaired) electrons. The smallest absolute Gasteiger partial charge is 0.0110 e. The molecule has 0 aliphatic carbocycles. The molecule has 0 aliphatic rings. The Morgan fingerprint density at radius 3 is 0.760 bits per heavy atom. The molecule has 0 aromatic carbocycles. The lowest BCUT2D eigenvalue weighted by atomic mass is 10.5. The predicted octanol–water partition coefficient (Wildman–Crippen LogP) is 9.24. The minimum atomic E-state index is 0.199. The van der Waals surface area contributed by atoms with Gasteiger partial charge in [-0.25, -0.2) is 0 Å². The zero-order valence-electron chi connectivity index (χ0n) is 19.4. The highest BCUT2D eigenvalue weighted by molar-refractivity contribution is 7.85. The summed E-state index contributed by atoms with van der Waals surface area (Å²) in [6.45, 7) is 29.9. The van der Waals surface area contributed by atoms with Gasteiger partial charge < -0.3 is 0 Å². The maximum Gasteiger partial charge on any atom is -0.0110 e. The molecule has 0 N–H and O–H groups in total. The normalized spacial score (nSPS) is 15.8. The molecule has 0 nitrogen and oxygen atoms in total. The summed E-state index contributed by atoms with van der Waals surface area (Å²) >= 11 is 0. The lowest BCUT2D eigenvalue weighted by Crippen LogP contribution is -2.13. The second kappa shape index (κ2) is 13.0. The van der Waals surface area contributed by atoms with E-state index in [0.717, 1.165) is 34.0 Å². The quantitative estimate of drug-likeness (QED) is 0.274. The minimum absolute atomic E-state index is 0.199. The zero-order valence-corrected chi connectivity index (χ0v) is 23.0. The molecule has 4 heteroatoms. The summed E-state index contributed by atoms with van der Waals surface area (Å²) in [5.74, 6) is 4.74. The molecule has 0 fully saturated rings. The van der Waals surface area contributed by atoms with E-state index in [9.17, 15) is 0 Å². The van der Waals surface area contributed by atoms with Crippen LogP contribution in [0.3, 0.4) is 0 Å². The number of hydrogen-bond donors (Lipinski definition) is 0. The summed E-state index contributed by atoms with van der Waals surface area (Å²) in [6, 6.07) is 0. The van der Waals surface area contributed by atoms with Gasteiger partial charge in [-0.2, -0.15) is 0 Å². The Morgan fingerprint density at radius 2 is 0.600 bits per heavy atom. The molecule has 0 aromatic heterocycles. The first kappa shape index (κ1) is 26.7. The highest BCUT2D eigenvalue weighted by Crippen LogP contribution is 2.67. The zero-order chi connectivity index (χ0) is 19.9. The van der Waals surface area contributed by atoms with Gasteiger partial charge in [-0.1, -0.05) is 115 Å². The van der Waals surface area contributed by atoms with Gasteiger partial charge in [-0.3, -0.25) is 0 Å². The van der Waals surface area contributed by atoms with Crippen LogP contribution in [0.15, 0.2) is 0 Å². The molecule has 0 bridgehead atoms. The van der Waals surface area contributed by atoms with E-state index in [4.69, 9.17) is 0 Å². The third-order valence-corrected chi connectivity index (χ3v) is 21.8. The third kappa shape index (κ3) is 10.2. The monoisotopic (exact) mass is 424 g/mol. The Kier molecular flexibility index (Phi) is 13.9. The fourth-order valence-corrected chi connectivity index (χ4v) is 23.6. The number of hydrogen-bond acceptors (Lipinski definition) is 0. The van der Waals surface area contributed by atoms with Crippen molar-refractivity contribution in [3.05, 3.63) is 0 Å². The Hall–Kier alpha value is 1.72. The van der Waals surface area contributed by atoms with Crippen LogP contribution in [0.2, 0.25) is 0 Å². The van der Waals surface area contributed by atoms with Gasteiger partial charge in [0.15, 0.2) is 0 Å². The molecule has 25 heavy (non-hydrogen) atoms. The third-order valence-electron chi connectivity index (χ3n) is 5.17. The topological polar surface area (TPSA) is 0 Å². The van der Waals surface area contributed by atoms with Gasteiger partial charge in [0.2, 0.25) is 0 Å². The van der Waals surface area contributed by atoms with Crippen molar-refractivity contribution in [2.75, 3.05) is 17.7 Å². The molecule has 0 heterocycles. The van der Waals surface area contributed by atoms with Gasteiger partial charge in [0.25, 0.3) is 0 Å². The molecule has 0 spiro atoms. The van der Waals surface area contributed by atoms with Crippen molar-refractivity contribution >= 4 is 31.7 Å². The molecule has 0 amide bonds. The van der Waals surface area contributed by atoms with E-state index in [1.807, 2.05) is 0 Å². The van der Waals surface area contributed by atoms with Crippen LogP contribution in [0.25, 0.3) is 0 Å². The Bertz CT molecular complexity index is 289. The van der Waals surface area contributed by atoms with E-state index in [1.165, 1.54) is 0 Å². The fraction of sp³-hybridized carbons (Fsp3) is 1.00. The average molecular weight is 425 g/mol. The highest BCUT2D eigenvalue weighted by atomic mass is 31.2. The van der Waals surface area contributed by atoms with Crippen molar-refractivity contribution in [1.82, 2.24) is 0 Å². The van der Waals surface area contributed by atoms with E-state index in [2.05, 4.69) is 83.1 Å². The minimum Gasteiger partial charge on any atom is -0.0970 e. The van der Waals surface area contributed by atoms with Crippen LogP contribution >= 0.6 is 31.7 Å².